The summed E-state index contributed by atoms with van der Waals surface area (Å²) < 4.78 is 0. The molecule has 0 bridgehead atoms. The van der Waals surface area contributed by atoms with E-state index in [1.165, 1.54) is 5.71 Å². The van der Waals surface area contributed by atoms with E-state index < -0.39 is 0 Å². The van der Waals surface area contributed by atoms with Crippen LogP contribution in [-0.4, -0.2) is 11.8 Å². The lowest BCUT2D eigenvalue weighted by atomic mass is 9.76. The van der Waals surface area contributed by atoms with Crippen LogP contribution < -0.4 is 0 Å². The normalized spacial score (nSPS) is 37.9. The van der Waals surface area contributed by atoms with Crippen molar-refractivity contribution in [1.82, 2.24) is 0 Å². The van der Waals surface area contributed by atoms with Crippen LogP contribution in [0.25, 0.3) is 0 Å². The molecule has 0 spiro atoms. The Hall–Kier alpha value is -0.330. The molecule has 0 aliphatic carbocycles. The van der Waals surface area contributed by atoms with Crippen LogP contribution >= 0.6 is 0 Å². The summed E-state index contributed by atoms with van der Waals surface area (Å²) in [5.41, 5.74) is 1.70. The molecule has 0 aromatic carbocycles. The van der Waals surface area contributed by atoms with Gasteiger partial charge < -0.3 is 0 Å². The highest BCUT2D eigenvalue weighted by Crippen LogP contribution is 2.38. The fourth-order valence-corrected chi connectivity index (χ4v) is 1.48. The molecule has 0 radical (unpaired) electrons. The van der Waals surface area contributed by atoms with Crippen LogP contribution in [-0.2, 0) is 0 Å². The van der Waals surface area contributed by atoms with Crippen LogP contribution in [0.5, 0.6) is 0 Å². The quantitative estimate of drug-likeness (QED) is 0.489. The molecular weight excluding hydrogens is 122 g/mol. The van der Waals surface area contributed by atoms with E-state index in [1.807, 2.05) is 0 Å². The standard InChI is InChI=1S/C9H17N/c1-6-7(2)10-8(3)9(6,4)5/h6,8H,1-5H3. The first-order chi connectivity index (χ1) is 4.46. The number of hydrogen-bond acceptors (Lipinski definition) is 1. The molecule has 1 rings (SSSR count). The fraction of sp³-hybridized carbons (Fsp3) is 0.889. The minimum Gasteiger partial charge on any atom is -0.291 e. The molecule has 1 aliphatic heterocycles. The van der Waals surface area contributed by atoms with Crippen LogP contribution in [0.3, 0.4) is 0 Å². The minimum atomic E-state index is 0.379. The Bertz CT molecular complexity index is 168. The molecular formula is C9H17N. The Kier molecular flexibility index (Phi) is 1.61. The van der Waals surface area contributed by atoms with E-state index in [0.29, 0.717) is 17.4 Å². The second-order valence-electron chi connectivity index (χ2n) is 3.99. The SMILES string of the molecule is CC1=NC(C)C(C)(C)C1C. The second-order valence-corrected chi connectivity index (χ2v) is 3.99. The molecule has 0 fully saturated rings. The minimum absolute atomic E-state index is 0.379. The van der Waals surface area contributed by atoms with E-state index in [9.17, 15) is 0 Å². The lowest BCUT2D eigenvalue weighted by Crippen LogP contribution is -2.28. The van der Waals surface area contributed by atoms with Gasteiger partial charge in [-0.05, 0) is 19.3 Å². The third-order valence-electron chi connectivity index (χ3n) is 3.22. The van der Waals surface area contributed by atoms with E-state index in [2.05, 4.69) is 39.6 Å². The van der Waals surface area contributed by atoms with Gasteiger partial charge in [0.15, 0.2) is 0 Å². The molecule has 1 heterocycles. The van der Waals surface area contributed by atoms with E-state index in [0.717, 1.165) is 0 Å². The van der Waals surface area contributed by atoms with Crippen molar-refractivity contribution in [2.45, 2.75) is 40.7 Å². The van der Waals surface area contributed by atoms with Crippen LogP contribution in [0.2, 0.25) is 0 Å². The predicted molar refractivity (Wildman–Crippen MR) is 45.5 cm³/mol. The average Bonchev–Trinajstić information content (AvgIpc) is 1.97. The highest BCUT2D eigenvalue weighted by Gasteiger charge is 2.38. The van der Waals surface area contributed by atoms with Crippen molar-refractivity contribution in [3.05, 3.63) is 0 Å². The van der Waals surface area contributed by atoms with Crippen molar-refractivity contribution in [2.24, 2.45) is 16.3 Å². The van der Waals surface area contributed by atoms with Crippen LogP contribution in [0.15, 0.2) is 4.99 Å². The van der Waals surface area contributed by atoms with Gasteiger partial charge in [0, 0.05) is 11.6 Å². The maximum Gasteiger partial charge on any atom is 0.0527 e. The van der Waals surface area contributed by atoms with Crippen LogP contribution in [0.4, 0.5) is 0 Å². The van der Waals surface area contributed by atoms with Gasteiger partial charge in [-0.2, -0.15) is 0 Å². The molecule has 0 amide bonds. The van der Waals surface area contributed by atoms with Crippen LogP contribution in [0.1, 0.15) is 34.6 Å². The zero-order chi connectivity index (χ0) is 7.94. The molecule has 0 aromatic rings. The number of hydrogen-bond donors (Lipinski definition) is 0. The molecule has 2 atom stereocenters. The summed E-state index contributed by atoms with van der Waals surface area (Å²) >= 11 is 0. The van der Waals surface area contributed by atoms with E-state index in [1.54, 1.807) is 0 Å². The van der Waals surface area contributed by atoms with Gasteiger partial charge >= 0.3 is 0 Å². The van der Waals surface area contributed by atoms with Crippen molar-refractivity contribution in [3.63, 3.8) is 0 Å². The third kappa shape index (κ3) is 0.882. The summed E-state index contributed by atoms with van der Waals surface area (Å²) in [6, 6.07) is 0.502. The molecule has 58 valence electrons. The molecule has 1 nitrogen and oxygen atoms in total. The number of rotatable bonds is 0. The first-order valence-electron chi connectivity index (χ1n) is 4.00. The van der Waals surface area contributed by atoms with Gasteiger partial charge in [0.2, 0.25) is 0 Å². The van der Waals surface area contributed by atoms with Crippen LogP contribution in [0, 0.1) is 11.3 Å². The van der Waals surface area contributed by atoms with Gasteiger partial charge in [0.1, 0.15) is 0 Å². The van der Waals surface area contributed by atoms with Crippen molar-refractivity contribution >= 4 is 5.71 Å². The topological polar surface area (TPSA) is 12.4 Å². The number of nitrogens with zero attached hydrogens (tertiary/aromatic N) is 1. The molecule has 10 heavy (non-hydrogen) atoms. The summed E-state index contributed by atoms with van der Waals surface area (Å²) in [5, 5.41) is 0. The molecule has 1 heteroatoms. The fourth-order valence-electron chi connectivity index (χ4n) is 1.48. The molecule has 0 saturated carbocycles. The smallest absolute Gasteiger partial charge is 0.0527 e. The average molecular weight is 139 g/mol. The largest absolute Gasteiger partial charge is 0.291 e. The summed E-state index contributed by atoms with van der Waals surface area (Å²) in [6.07, 6.45) is 0. The zero-order valence-corrected chi connectivity index (χ0v) is 7.60. The zero-order valence-electron chi connectivity index (χ0n) is 7.60. The third-order valence-corrected chi connectivity index (χ3v) is 3.22. The second kappa shape index (κ2) is 2.08. The predicted octanol–water partition coefficient (Wildman–Crippen LogP) is 2.51. The Balaban J connectivity index is 2.87. The maximum atomic E-state index is 4.54. The van der Waals surface area contributed by atoms with Gasteiger partial charge in [0.05, 0.1) is 6.04 Å². The van der Waals surface area contributed by atoms with Gasteiger partial charge in [-0.25, -0.2) is 0 Å². The number of aliphatic imine (C=N–C) groups is 1. The summed E-state index contributed by atoms with van der Waals surface area (Å²) in [7, 11) is 0. The Morgan fingerprint density at radius 2 is 1.80 bits per heavy atom. The first kappa shape index (κ1) is 7.77. The highest BCUT2D eigenvalue weighted by atomic mass is 14.9. The van der Waals surface area contributed by atoms with Gasteiger partial charge in [0.25, 0.3) is 0 Å². The van der Waals surface area contributed by atoms with E-state index >= 15 is 0 Å². The van der Waals surface area contributed by atoms with Crippen molar-refractivity contribution in [3.8, 4) is 0 Å². The molecule has 0 aromatic heterocycles. The van der Waals surface area contributed by atoms with Gasteiger partial charge in [-0.1, -0.05) is 20.8 Å². The Labute approximate surface area is 63.5 Å². The van der Waals surface area contributed by atoms with E-state index in [4.69, 9.17) is 0 Å². The van der Waals surface area contributed by atoms with Crippen molar-refractivity contribution in [2.75, 3.05) is 0 Å². The van der Waals surface area contributed by atoms with Crippen molar-refractivity contribution in [1.29, 1.82) is 0 Å². The maximum absolute atomic E-state index is 4.54. The Morgan fingerprint density at radius 1 is 1.30 bits per heavy atom. The van der Waals surface area contributed by atoms with Gasteiger partial charge in [-0.15, -0.1) is 0 Å². The van der Waals surface area contributed by atoms with Crippen molar-refractivity contribution < 1.29 is 0 Å². The summed E-state index contributed by atoms with van der Waals surface area (Å²) in [4.78, 5) is 4.54. The molecule has 1 aliphatic rings. The molecule has 2 unspecified atom stereocenters. The summed E-state index contributed by atoms with van der Waals surface area (Å²) in [6.45, 7) is 11.2. The lowest BCUT2D eigenvalue weighted by Gasteiger charge is -2.27. The van der Waals surface area contributed by atoms with E-state index in [-0.39, 0.29) is 0 Å². The molecule has 0 saturated heterocycles. The Morgan fingerprint density at radius 3 is 1.90 bits per heavy atom. The molecule has 0 N–H and O–H groups in total. The highest BCUT2D eigenvalue weighted by molar-refractivity contribution is 5.86. The summed E-state index contributed by atoms with van der Waals surface area (Å²) in [5.74, 6) is 0.655. The lowest BCUT2D eigenvalue weighted by molar-refractivity contribution is 0.271. The van der Waals surface area contributed by atoms with Gasteiger partial charge in [-0.3, -0.25) is 4.99 Å². The first-order valence-corrected chi connectivity index (χ1v) is 4.00. The monoisotopic (exact) mass is 139 g/mol.